The molecule has 0 N–H and O–H groups in total. The van der Waals surface area contributed by atoms with Gasteiger partial charge in [0.15, 0.2) is 0 Å². The van der Waals surface area contributed by atoms with Crippen molar-refractivity contribution in [2.24, 2.45) is 23.7 Å². The highest BCUT2D eigenvalue weighted by Crippen LogP contribution is 2.27. The van der Waals surface area contributed by atoms with Crippen LogP contribution in [0.4, 0.5) is 0 Å². The number of hydrogen-bond acceptors (Lipinski definition) is 4. The molecular formula is C27H52O4. The predicted molar refractivity (Wildman–Crippen MR) is 130 cm³/mol. The first-order chi connectivity index (χ1) is 14.8. The van der Waals surface area contributed by atoms with Gasteiger partial charge in [-0.15, -0.1) is 0 Å². The number of carbonyl (C=O) groups is 2. The lowest BCUT2D eigenvalue weighted by Gasteiger charge is -2.24. The van der Waals surface area contributed by atoms with E-state index in [1.54, 1.807) is 0 Å². The van der Waals surface area contributed by atoms with Gasteiger partial charge >= 0.3 is 11.9 Å². The number of unbranched alkanes of at least 4 members (excludes halogenated alkanes) is 5. The summed E-state index contributed by atoms with van der Waals surface area (Å²) < 4.78 is 11.1. The average molecular weight is 441 g/mol. The highest BCUT2D eigenvalue weighted by Gasteiger charge is 2.31. The maximum atomic E-state index is 12.8. The Bertz CT molecular complexity index is 445. The monoisotopic (exact) mass is 440 g/mol. The Balaban J connectivity index is 4.50. The van der Waals surface area contributed by atoms with Crippen LogP contribution in [0.2, 0.25) is 0 Å². The third-order valence-corrected chi connectivity index (χ3v) is 6.07. The first-order valence-corrected chi connectivity index (χ1v) is 13.1. The van der Waals surface area contributed by atoms with Crippen molar-refractivity contribution in [1.29, 1.82) is 0 Å². The Hall–Kier alpha value is -1.06. The van der Waals surface area contributed by atoms with Gasteiger partial charge in [-0.2, -0.15) is 0 Å². The topological polar surface area (TPSA) is 52.6 Å². The summed E-state index contributed by atoms with van der Waals surface area (Å²) in [7, 11) is 0. The van der Waals surface area contributed by atoms with Crippen LogP contribution >= 0.6 is 0 Å². The smallest absolute Gasteiger partial charge is 0.309 e. The van der Waals surface area contributed by atoms with Crippen LogP contribution < -0.4 is 0 Å². The summed E-state index contributed by atoms with van der Waals surface area (Å²) in [6.07, 6.45) is 12.9. The first kappa shape index (κ1) is 29.9. The van der Waals surface area contributed by atoms with Crippen LogP contribution in [0.1, 0.15) is 125 Å². The molecule has 0 rings (SSSR count). The molecule has 0 heterocycles. The zero-order chi connectivity index (χ0) is 23.5. The Morgan fingerprint density at radius 2 is 1.23 bits per heavy atom. The van der Waals surface area contributed by atoms with E-state index in [0.29, 0.717) is 13.2 Å². The van der Waals surface area contributed by atoms with Crippen LogP contribution in [0.15, 0.2) is 0 Å². The molecule has 0 radical (unpaired) electrons. The van der Waals surface area contributed by atoms with Crippen LogP contribution in [0.5, 0.6) is 0 Å². The van der Waals surface area contributed by atoms with Crippen LogP contribution in [0, 0.1) is 23.7 Å². The van der Waals surface area contributed by atoms with Crippen LogP contribution in [0.3, 0.4) is 0 Å². The molecule has 184 valence electrons. The molecule has 0 aliphatic heterocycles. The second kappa shape index (κ2) is 19.6. The molecule has 2 unspecified atom stereocenters. The molecule has 0 spiro atoms. The largest absolute Gasteiger partial charge is 0.466 e. The van der Waals surface area contributed by atoms with Gasteiger partial charge in [0.25, 0.3) is 0 Å². The van der Waals surface area contributed by atoms with Crippen LogP contribution in [0.25, 0.3) is 0 Å². The second-order valence-corrected chi connectivity index (χ2v) is 10.00. The van der Waals surface area contributed by atoms with Gasteiger partial charge in [0.2, 0.25) is 0 Å². The second-order valence-electron chi connectivity index (χ2n) is 10.00. The molecular weight excluding hydrogens is 388 g/mol. The van der Waals surface area contributed by atoms with E-state index in [9.17, 15) is 9.59 Å². The lowest BCUT2D eigenvalue weighted by atomic mass is 9.83. The van der Waals surface area contributed by atoms with Gasteiger partial charge in [-0.25, -0.2) is 0 Å². The molecule has 0 aliphatic rings. The maximum absolute atomic E-state index is 12.8. The van der Waals surface area contributed by atoms with Crippen LogP contribution in [-0.2, 0) is 19.1 Å². The van der Waals surface area contributed by atoms with E-state index >= 15 is 0 Å². The SMILES string of the molecule is CCCCC(CC)C(CC(=O)OCCCCCC(C)C)C(=O)OCCCCCC(C)C. The average Bonchev–Trinajstić information content (AvgIpc) is 2.72. The lowest BCUT2D eigenvalue weighted by Crippen LogP contribution is -2.29. The van der Waals surface area contributed by atoms with E-state index in [1.165, 1.54) is 25.7 Å². The summed E-state index contributed by atoms with van der Waals surface area (Å²) in [5.41, 5.74) is 0. The standard InChI is InChI=1S/C27H52O4/c1-7-9-18-24(8-2)25(27(29)31-20-15-11-13-17-23(5)6)21-26(28)30-19-14-10-12-16-22(3)4/h22-25H,7-21H2,1-6H3. The zero-order valence-corrected chi connectivity index (χ0v) is 21.5. The van der Waals surface area contributed by atoms with Crippen molar-refractivity contribution in [1.82, 2.24) is 0 Å². The lowest BCUT2D eigenvalue weighted by molar-refractivity contribution is -0.157. The van der Waals surface area contributed by atoms with E-state index in [1.807, 2.05) is 0 Å². The Kier molecular flexibility index (Phi) is 18.9. The van der Waals surface area contributed by atoms with E-state index in [0.717, 1.165) is 63.2 Å². The molecule has 0 aromatic carbocycles. The minimum Gasteiger partial charge on any atom is -0.466 e. The predicted octanol–water partition coefficient (Wildman–Crippen LogP) is 7.73. The van der Waals surface area contributed by atoms with E-state index in [2.05, 4.69) is 41.5 Å². The Labute approximate surface area is 193 Å². The van der Waals surface area contributed by atoms with Gasteiger partial charge in [-0.3, -0.25) is 9.59 Å². The molecule has 0 saturated heterocycles. The molecule has 4 nitrogen and oxygen atoms in total. The number of ether oxygens (including phenoxy) is 2. The summed E-state index contributed by atoms with van der Waals surface area (Å²) in [5.74, 6) is 0.793. The minimum atomic E-state index is -0.374. The Morgan fingerprint density at radius 3 is 1.71 bits per heavy atom. The summed E-state index contributed by atoms with van der Waals surface area (Å²) in [5, 5.41) is 0. The molecule has 0 saturated carbocycles. The minimum absolute atomic E-state index is 0.153. The van der Waals surface area contributed by atoms with Gasteiger partial charge in [-0.1, -0.05) is 99.3 Å². The fourth-order valence-electron chi connectivity index (χ4n) is 3.97. The molecule has 4 heteroatoms. The van der Waals surface area contributed by atoms with E-state index in [4.69, 9.17) is 9.47 Å². The molecule has 31 heavy (non-hydrogen) atoms. The van der Waals surface area contributed by atoms with Gasteiger partial charge in [0.05, 0.1) is 25.6 Å². The third kappa shape index (κ3) is 17.2. The van der Waals surface area contributed by atoms with Gasteiger partial charge < -0.3 is 9.47 Å². The van der Waals surface area contributed by atoms with Gasteiger partial charge in [0.1, 0.15) is 0 Å². The van der Waals surface area contributed by atoms with Gasteiger partial charge in [0, 0.05) is 0 Å². The maximum Gasteiger partial charge on any atom is 0.309 e. The first-order valence-electron chi connectivity index (χ1n) is 13.1. The van der Waals surface area contributed by atoms with Crippen molar-refractivity contribution >= 4 is 11.9 Å². The fourth-order valence-corrected chi connectivity index (χ4v) is 3.97. The van der Waals surface area contributed by atoms with Crippen molar-refractivity contribution in [2.75, 3.05) is 13.2 Å². The molecule has 0 aliphatic carbocycles. The molecule has 0 aromatic heterocycles. The van der Waals surface area contributed by atoms with Crippen molar-refractivity contribution in [3.63, 3.8) is 0 Å². The normalized spacial score (nSPS) is 13.4. The quantitative estimate of drug-likeness (QED) is 0.143. The number of carbonyl (C=O) groups excluding carboxylic acids is 2. The highest BCUT2D eigenvalue weighted by molar-refractivity contribution is 5.80. The van der Waals surface area contributed by atoms with Crippen molar-refractivity contribution in [2.45, 2.75) is 125 Å². The van der Waals surface area contributed by atoms with Gasteiger partial charge in [-0.05, 0) is 37.0 Å². The molecule has 2 atom stereocenters. The summed E-state index contributed by atoms with van der Waals surface area (Å²) in [6.45, 7) is 14.1. The molecule has 0 amide bonds. The molecule has 0 fully saturated rings. The number of esters is 2. The zero-order valence-electron chi connectivity index (χ0n) is 21.5. The Morgan fingerprint density at radius 1 is 0.677 bits per heavy atom. The fraction of sp³-hybridized carbons (Fsp3) is 0.926. The number of hydrogen-bond donors (Lipinski definition) is 0. The summed E-state index contributed by atoms with van der Waals surface area (Å²) in [6, 6.07) is 0. The number of rotatable bonds is 20. The summed E-state index contributed by atoms with van der Waals surface area (Å²) in [4.78, 5) is 25.3. The van der Waals surface area contributed by atoms with E-state index < -0.39 is 0 Å². The highest BCUT2D eigenvalue weighted by atomic mass is 16.5. The summed E-state index contributed by atoms with van der Waals surface area (Å²) >= 11 is 0. The molecule has 0 bridgehead atoms. The van der Waals surface area contributed by atoms with Crippen molar-refractivity contribution in [3.8, 4) is 0 Å². The van der Waals surface area contributed by atoms with Crippen molar-refractivity contribution in [3.05, 3.63) is 0 Å². The van der Waals surface area contributed by atoms with E-state index in [-0.39, 0.29) is 30.2 Å². The third-order valence-electron chi connectivity index (χ3n) is 6.07. The van der Waals surface area contributed by atoms with Crippen LogP contribution in [-0.4, -0.2) is 25.2 Å². The molecule has 0 aromatic rings. The van der Waals surface area contributed by atoms with Crippen molar-refractivity contribution < 1.29 is 19.1 Å².